The zero-order valence-corrected chi connectivity index (χ0v) is 12.5. The first-order chi connectivity index (χ1) is 10.1. The van der Waals surface area contributed by atoms with E-state index in [0.29, 0.717) is 33.6 Å². The highest BCUT2D eigenvalue weighted by Crippen LogP contribution is 2.47. The molecule has 3 rings (SSSR count). The van der Waals surface area contributed by atoms with Crippen molar-refractivity contribution in [1.82, 2.24) is 4.98 Å². The van der Waals surface area contributed by atoms with Crippen LogP contribution in [0.1, 0.15) is 17.7 Å². The summed E-state index contributed by atoms with van der Waals surface area (Å²) in [6.07, 6.45) is 0.312. The van der Waals surface area contributed by atoms with Crippen molar-refractivity contribution in [3.8, 4) is 0 Å². The molecule has 1 aliphatic rings. The SMILES string of the molecule is [B]c1c(Cl)cc2c3c([nH]c2c1[B])C([B])(C(N)=O)CC([B])([B])C3. The highest BCUT2D eigenvalue weighted by Gasteiger charge is 2.45. The molecular formula is C13H8B5ClN2O. The summed E-state index contributed by atoms with van der Waals surface area (Å²) in [7, 11) is 30.1. The number of aromatic nitrogens is 1. The molecule has 0 saturated heterocycles. The predicted molar refractivity (Wildman–Crippen MR) is 93.2 cm³/mol. The minimum absolute atomic E-state index is 0.0122. The molecule has 3 nitrogen and oxygen atoms in total. The summed E-state index contributed by atoms with van der Waals surface area (Å²) in [5, 5.41) is -1.69. The molecule has 9 heteroatoms. The average molecular weight is 298 g/mol. The second-order valence-electron chi connectivity index (χ2n) is 6.01. The molecule has 1 heterocycles. The maximum absolute atomic E-state index is 11.9. The fourth-order valence-electron chi connectivity index (χ4n) is 3.17. The Morgan fingerprint density at radius 3 is 2.50 bits per heavy atom. The molecule has 0 saturated carbocycles. The van der Waals surface area contributed by atoms with Gasteiger partial charge in [0.1, 0.15) is 15.7 Å². The van der Waals surface area contributed by atoms with Gasteiger partial charge in [0, 0.05) is 26.9 Å². The quantitative estimate of drug-likeness (QED) is 0.629. The van der Waals surface area contributed by atoms with E-state index in [1.807, 2.05) is 0 Å². The smallest absolute Gasteiger partial charge is 0.220 e. The molecule has 1 unspecified atom stereocenters. The number of rotatable bonds is 1. The number of carbonyl (C=O) groups is 1. The Bertz CT molecular complexity index is 819. The van der Waals surface area contributed by atoms with Crippen molar-refractivity contribution in [3.63, 3.8) is 0 Å². The monoisotopic (exact) mass is 298 g/mol. The fraction of sp³-hybridized carbons (Fsp3) is 0.308. The van der Waals surface area contributed by atoms with Gasteiger partial charge < -0.3 is 10.7 Å². The molecule has 98 valence electrons. The van der Waals surface area contributed by atoms with Gasteiger partial charge in [-0.05, 0) is 18.1 Å². The number of carbonyl (C=O) groups excluding carboxylic acids is 1. The Hall–Kier alpha value is -1.16. The highest BCUT2D eigenvalue weighted by atomic mass is 35.5. The van der Waals surface area contributed by atoms with Crippen molar-refractivity contribution in [2.75, 3.05) is 0 Å². The maximum Gasteiger partial charge on any atom is 0.220 e. The van der Waals surface area contributed by atoms with Crippen LogP contribution in [0.2, 0.25) is 10.2 Å². The Kier molecular flexibility index (Phi) is 3.34. The van der Waals surface area contributed by atoms with Crippen LogP contribution in [0.3, 0.4) is 0 Å². The molecular weight excluding hydrogens is 290 g/mol. The van der Waals surface area contributed by atoms with Crippen LogP contribution in [0, 0.1) is 0 Å². The predicted octanol–water partition coefficient (Wildman–Crippen LogP) is -1.34. The van der Waals surface area contributed by atoms with E-state index in [1.165, 1.54) is 0 Å². The van der Waals surface area contributed by atoms with Crippen LogP contribution in [-0.4, -0.2) is 50.1 Å². The summed E-state index contributed by atoms with van der Waals surface area (Å²) in [4.78, 5) is 15.0. The maximum atomic E-state index is 11.9. The minimum atomic E-state index is -1.51. The summed E-state index contributed by atoms with van der Waals surface area (Å²) < 4.78 is 0. The molecule has 1 aliphatic carbocycles. The van der Waals surface area contributed by atoms with Gasteiger partial charge in [0.25, 0.3) is 0 Å². The third kappa shape index (κ3) is 2.07. The van der Waals surface area contributed by atoms with E-state index < -0.39 is 16.4 Å². The van der Waals surface area contributed by atoms with Gasteiger partial charge in [-0.3, -0.25) is 4.79 Å². The topological polar surface area (TPSA) is 58.9 Å². The number of fused-ring (bicyclic) bond motifs is 3. The summed E-state index contributed by atoms with van der Waals surface area (Å²) in [6, 6.07) is 1.65. The lowest BCUT2D eigenvalue weighted by atomic mass is 9.40. The second-order valence-corrected chi connectivity index (χ2v) is 6.42. The third-order valence-corrected chi connectivity index (χ3v) is 4.55. The summed E-state index contributed by atoms with van der Waals surface area (Å²) >= 11 is 6.09. The van der Waals surface area contributed by atoms with E-state index in [1.54, 1.807) is 6.07 Å². The van der Waals surface area contributed by atoms with Crippen LogP contribution in [0.25, 0.3) is 10.9 Å². The number of nitrogens with two attached hydrogens (primary N) is 1. The molecule has 0 aliphatic heterocycles. The highest BCUT2D eigenvalue weighted by molar-refractivity contribution is 6.57. The zero-order valence-electron chi connectivity index (χ0n) is 11.7. The van der Waals surface area contributed by atoms with Crippen molar-refractivity contribution in [3.05, 3.63) is 22.3 Å². The van der Waals surface area contributed by atoms with Crippen molar-refractivity contribution in [2.45, 2.75) is 23.4 Å². The first-order valence-electron chi connectivity index (χ1n) is 6.62. The van der Waals surface area contributed by atoms with Gasteiger partial charge in [-0.1, -0.05) is 34.2 Å². The summed E-state index contributed by atoms with van der Waals surface area (Å²) in [5.41, 5.74) is 7.69. The van der Waals surface area contributed by atoms with E-state index in [4.69, 9.17) is 56.6 Å². The largest absolute Gasteiger partial charge is 0.370 e. The molecule has 2 aromatic rings. The van der Waals surface area contributed by atoms with Crippen molar-refractivity contribution in [2.24, 2.45) is 5.73 Å². The number of hydrogen-bond donors (Lipinski definition) is 2. The van der Waals surface area contributed by atoms with E-state index in [-0.39, 0.29) is 17.3 Å². The number of halogens is 1. The van der Waals surface area contributed by atoms with Crippen LogP contribution in [0.5, 0.6) is 0 Å². The van der Waals surface area contributed by atoms with Gasteiger partial charge in [-0.25, -0.2) is 0 Å². The zero-order chi connectivity index (χ0) is 16.4. The van der Waals surface area contributed by atoms with Crippen molar-refractivity contribution < 1.29 is 4.79 Å². The van der Waals surface area contributed by atoms with Crippen LogP contribution in [0.15, 0.2) is 6.07 Å². The molecule has 3 N–H and O–H groups in total. The second kappa shape index (κ2) is 4.67. The molecule has 1 aromatic carbocycles. The standard InChI is InChI=1S/C13H8B5ClN2O/c14-7-6(19)1-4-5-2-12(16,17)3-13(18,11(20)22)10(5)21-9(4)8(7)15/h1,21H,2-3H2,(H2,20,22). The van der Waals surface area contributed by atoms with Crippen LogP contribution < -0.4 is 16.7 Å². The number of nitrogens with one attached hydrogen (secondary N) is 1. The lowest BCUT2D eigenvalue weighted by Crippen LogP contribution is -2.48. The molecule has 1 aromatic heterocycles. The number of primary amides is 1. The first-order valence-corrected chi connectivity index (χ1v) is 6.99. The van der Waals surface area contributed by atoms with Gasteiger partial charge in [-0.2, -0.15) is 0 Å². The Morgan fingerprint density at radius 1 is 1.27 bits per heavy atom. The number of hydrogen-bond acceptors (Lipinski definition) is 1. The molecule has 0 fully saturated rings. The lowest BCUT2D eigenvalue weighted by molar-refractivity contribution is -0.121. The molecule has 22 heavy (non-hydrogen) atoms. The van der Waals surface area contributed by atoms with E-state index in [9.17, 15) is 4.79 Å². The van der Waals surface area contributed by atoms with Crippen LogP contribution in [-0.2, 0) is 16.5 Å². The van der Waals surface area contributed by atoms with Gasteiger partial charge in [0.15, 0.2) is 0 Å². The number of aromatic amines is 1. The van der Waals surface area contributed by atoms with Crippen LogP contribution >= 0.6 is 11.6 Å². The van der Waals surface area contributed by atoms with E-state index in [0.717, 1.165) is 0 Å². The third-order valence-electron chi connectivity index (χ3n) is 4.23. The normalized spacial score (nSPS) is 23.3. The van der Waals surface area contributed by atoms with E-state index in [2.05, 4.69) is 4.98 Å². The van der Waals surface area contributed by atoms with Gasteiger partial charge in [-0.15, -0.1) is 0 Å². The van der Waals surface area contributed by atoms with E-state index >= 15 is 0 Å². The Morgan fingerprint density at radius 2 is 1.91 bits per heavy atom. The molecule has 1 atom stereocenters. The molecule has 10 radical (unpaired) electrons. The van der Waals surface area contributed by atoms with Crippen molar-refractivity contribution >= 4 is 78.6 Å². The Labute approximate surface area is 140 Å². The molecule has 1 amide bonds. The van der Waals surface area contributed by atoms with Crippen LogP contribution in [0.4, 0.5) is 0 Å². The van der Waals surface area contributed by atoms with Gasteiger partial charge in [0.2, 0.25) is 5.91 Å². The molecule has 0 bridgehead atoms. The summed E-state index contributed by atoms with van der Waals surface area (Å²) in [5.74, 6) is -0.724. The van der Waals surface area contributed by atoms with Gasteiger partial charge >= 0.3 is 0 Å². The lowest BCUT2D eigenvalue weighted by Gasteiger charge is -2.42. The number of benzene rings is 1. The molecule has 0 spiro atoms. The number of H-pyrrole nitrogens is 1. The van der Waals surface area contributed by atoms with Crippen molar-refractivity contribution in [1.29, 1.82) is 0 Å². The van der Waals surface area contributed by atoms with Gasteiger partial charge in [0.05, 0.1) is 23.5 Å². The first kappa shape index (κ1) is 15.7. The minimum Gasteiger partial charge on any atom is -0.370 e. The fourth-order valence-corrected chi connectivity index (χ4v) is 3.38. The Balaban J connectivity index is 2.41. The number of amides is 1. The average Bonchev–Trinajstić information content (AvgIpc) is 2.74. The summed E-state index contributed by atoms with van der Waals surface area (Å²) in [6.45, 7) is 0.